The second-order valence-corrected chi connectivity index (χ2v) is 15.7. The zero-order valence-corrected chi connectivity index (χ0v) is 37.2. The molecule has 6 nitrogen and oxygen atoms in total. The van der Waals surface area contributed by atoms with E-state index in [2.05, 4.69) is 68.2 Å². The molecule has 2 aromatic carbocycles. The van der Waals surface area contributed by atoms with Crippen LogP contribution in [0.15, 0.2) is 24.3 Å². The van der Waals surface area contributed by atoms with Gasteiger partial charge in [-0.3, -0.25) is 0 Å². The van der Waals surface area contributed by atoms with Gasteiger partial charge in [0.25, 0.3) is 0 Å². The molecule has 0 amide bonds. The fourth-order valence-corrected chi connectivity index (χ4v) is 7.72. The molecule has 6 heteroatoms. The van der Waals surface area contributed by atoms with Crippen LogP contribution in [0.1, 0.15) is 193 Å². The summed E-state index contributed by atoms with van der Waals surface area (Å²) in [6.45, 7) is 13.3. The van der Waals surface area contributed by atoms with E-state index in [1.54, 1.807) is 28.4 Å². The molecule has 315 valence electrons. The Bertz CT molecular complexity index is 1060. The number of methoxy groups -OCH3 is 4. The van der Waals surface area contributed by atoms with Crippen LogP contribution in [0, 0.1) is 6.42 Å². The fourth-order valence-electron chi connectivity index (χ4n) is 7.72. The zero-order valence-electron chi connectivity index (χ0n) is 37.2. The lowest BCUT2D eigenvalue weighted by Crippen LogP contribution is -2.26. The van der Waals surface area contributed by atoms with Gasteiger partial charge >= 0.3 is 0 Å². The van der Waals surface area contributed by atoms with Crippen molar-refractivity contribution in [3.8, 4) is 23.0 Å². The van der Waals surface area contributed by atoms with Crippen LogP contribution < -0.4 is 28.7 Å². The molecular weight excluding hydrogens is 681 g/mol. The van der Waals surface area contributed by atoms with E-state index < -0.39 is 0 Å². The number of anilines is 2. The molecule has 0 bridgehead atoms. The molecule has 0 unspecified atom stereocenters. The quantitative estimate of drug-likeness (QED) is 0.0644. The molecule has 0 N–H and O–H groups in total. The van der Waals surface area contributed by atoms with Crippen molar-refractivity contribution in [3.05, 3.63) is 41.8 Å². The third kappa shape index (κ3) is 18.8. The van der Waals surface area contributed by atoms with Crippen molar-refractivity contribution < 1.29 is 18.9 Å². The lowest BCUT2D eigenvalue weighted by Gasteiger charge is -2.28. The van der Waals surface area contributed by atoms with Gasteiger partial charge in [-0.2, -0.15) is 0 Å². The molecule has 2 rings (SSSR count). The summed E-state index contributed by atoms with van der Waals surface area (Å²) in [5.74, 6) is 3.19. The molecule has 0 spiro atoms. The van der Waals surface area contributed by atoms with E-state index in [0.717, 1.165) is 60.3 Å². The van der Waals surface area contributed by atoms with Crippen molar-refractivity contribution in [1.29, 1.82) is 0 Å². The Morgan fingerprint density at radius 3 is 0.782 bits per heavy atom. The number of ether oxygens (including phenoxy) is 4. The molecule has 0 aliphatic heterocycles. The number of benzene rings is 2. The second kappa shape index (κ2) is 31.3. The minimum Gasteiger partial charge on any atom is -0.496 e. The number of unbranched alkanes of at least 4 members (excludes halogenated alkanes) is 20. The molecule has 1 radical (unpaired) electrons. The smallest absolute Gasteiger partial charge is 0.128 e. The summed E-state index contributed by atoms with van der Waals surface area (Å²) in [7, 11) is 7.06. The summed E-state index contributed by atoms with van der Waals surface area (Å²) >= 11 is 0. The number of nitrogens with zero attached hydrogens (tertiary/aromatic N) is 2. The largest absolute Gasteiger partial charge is 0.496 e. The van der Waals surface area contributed by atoms with Gasteiger partial charge in [0.05, 0.1) is 28.4 Å². The average Bonchev–Trinajstić information content (AvgIpc) is 3.21. The first-order valence-corrected chi connectivity index (χ1v) is 22.9. The highest BCUT2D eigenvalue weighted by Crippen LogP contribution is 2.43. The minimum atomic E-state index is 0.797. The van der Waals surface area contributed by atoms with E-state index in [4.69, 9.17) is 18.9 Å². The van der Waals surface area contributed by atoms with Crippen LogP contribution in [0.3, 0.4) is 0 Å². The molecule has 0 aliphatic rings. The van der Waals surface area contributed by atoms with Gasteiger partial charge in [-0.05, 0) is 25.7 Å². The van der Waals surface area contributed by atoms with Gasteiger partial charge in [0.15, 0.2) is 0 Å². The van der Waals surface area contributed by atoms with E-state index in [1.807, 2.05) is 0 Å². The van der Waals surface area contributed by atoms with Crippen LogP contribution in [-0.4, -0.2) is 54.6 Å². The topological polar surface area (TPSA) is 43.4 Å². The van der Waals surface area contributed by atoms with Crippen LogP contribution >= 0.6 is 0 Å². The lowest BCUT2D eigenvalue weighted by atomic mass is 9.99. The summed E-state index contributed by atoms with van der Waals surface area (Å²) in [5.41, 5.74) is 4.13. The van der Waals surface area contributed by atoms with Gasteiger partial charge in [0, 0.05) is 79.4 Å². The van der Waals surface area contributed by atoms with Crippen LogP contribution in [0.5, 0.6) is 23.0 Å². The highest BCUT2D eigenvalue weighted by atomic mass is 16.5. The maximum Gasteiger partial charge on any atom is 0.128 e. The van der Waals surface area contributed by atoms with E-state index in [-0.39, 0.29) is 0 Å². The van der Waals surface area contributed by atoms with E-state index in [0.29, 0.717) is 0 Å². The summed E-state index contributed by atoms with van der Waals surface area (Å²) in [5, 5.41) is 0. The molecule has 0 saturated heterocycles. The van der Waals surface area contributed by atoms with Crippen molar-refractivity contribution in [2.24, 2.45) is 0 Å². The van der Waals surface area contributed by atoms with E-state index >= 15 is 0 Å². The van der Waals surface area contributed by atoms with Gasteiger partial charge in [0.2, 0.25) is 0 Å². The molecule has 0 heterocycles. The first-order chi connectivity index (χ1) is 27.0. The maximum atomic E-state index is 6.13. The van der Waals surface area contributed by atoms with Crippen LogP contribution in [0.4, 0.5) is 11.4 Å². The minimum absolute atomic E-state index is 0.797. The van der Waals surface area contributed by atoms with Crippen molar-refractivity contribution in [1.82, 2.24) is 0 Å². The van der Waals surface area contributed by atoms with Crippen molar-refractivity contribution in [2.75, 3.05) is 64.4 Å². The average molecular weight is 766 g/mol. The molecule has 0 fully saturated rings. The normalized spacial score (nSPS) is 11.2. The first-order valence-electron chi connectivity index (χ1n) is 22.9. The highest BCUT2D eigenvalue weighted by Gasteiger charge is 2.23. The van der Waals surface area contributed by atoms with Gasteiger partial charge < -0.3 is 28.7 Å². The fraction of sp³-hybridized carbons (Fsp3) is 0.735. The first kappa shape index (κ1) is 48.4. The third-order valence-corrected chi connectivity index (χ3v) is 11.2. The van der Waals surface area contributed by atoms with Gasteiger partial charge in [-0.25, -0.2) is 0 Å². The Labute approximate surface area is 340 Å². The third-order valence-electron chi connectivity index (χ3n) is 11.2. The molecular formula is C49H85N2O4. The SMILES string of the molecule is CCCCCCCCN(CCCCCCCC)c1cc(OC)c([CH]c2c(OC)cc(N(CCCCCCCC)CCCCCCCC)cc2OC)c(OC)c1. The summed E-state index contributed by atoms with van der Waals surface area (Å²) in [4.78, 5) is 5.12. The molecule has 0 aromatic heterocycles. The Morgan fingerprint density at radius 2 is 0.564 bits per heavy atom. The lowest BCUT2D eigenvalue weighted by molar-refractivity contribution is 0.384. The Hall–Kier alpha value is -2.76. The maximum absolute atomic E-state index is 6.13. The standard InChI is InChI=1S/C49H85N2O4/c1-9-13-17-21-25-29-33-50(34-30-26-22-18-14-10-2)42-37-46(52-5)44(47(38-42)53-6)41-45-48(54-7)39-43(40-49(45)55-8)51(35-31-27-23-19-15-11-3)36-32-28-24-20-16-12-4/h37-41H,9-36H2,1-8H3. The van der Waals surface area contributed by atoms with Crippen LogP contribution in [0.2, 0.25) is 0 Å². The van der Waals surface area contributed by atoms with Crippen molar-refractivity contribution in [3.63, 3.8) is 0 Å². The summed E-state index contributed by atoms with van der Waals surface area (Å²) in [6.07, 6.45) is 33.1. The molecule has 0 aliphatic carbocycles. The predicted octanol–water partition coefficient (Wildman–Crippen LogP) is 14.4. The highest BCUT2D eigenvalue weighted by molar-refractivity contribution is 5.69. The molecule has 0 saturated carbocycles. The van der Waals surface area contributed by atoms with Gasteiger partial charge in [0.1, 0.15) is 23.0 Å². The number of hydrogen-bond donors (Lipinski definition) is 0. The molecule has 0 atom stereocenters. The van der Waals surface area contributed by atoms with Crippen molar-refractivity contribution >= 4 is 11.4 Å². The van der Waals surface area contributed by atoms with Gasteiger partial charge in [-0.1, -0.05) is 156 Å². The predicted molar refractivity (Wildman–Crippen MR) is 240 cm³/mol. The summed E-state index contributed by atoms with van der Waals surface area (Å²) < 4.78 is 24.5. The van der Waals surface area contributed by atoms with Gasteiger partial charge in [-0.15, -0.1) is 0 Å². The molecule has 2 aromatic rings. The van der Waals surface area contributed by atoms with Crippen LogP contribution in [-0.2, 0) is 0 Å². The van der Waals surface area contributed by atoms with E-state index in [1.165, 1.54) is 165 Å². The van der Waals surface area contributed by atoms with Crippen LogP contribution in [0.25, 0.3) is 0 Å². The Kier molecular flexibility index (Phi) is 27.6. The Balaban J connectivity index is 2.39. The monoisotopic (exact) mass is 766 g/mol. The number of hydrogen-bond acceptors (Lipinski definition) is 6. The number of rotatable bonds is 36. The molecule has 55 heavy (non-hydrogen) atoms. The van der Waals surface area contributed by atoms with E-state index in [9.17, 15) is 0 Å². The second-order valence-electron chi connectivity index (χ2n) is 15.7. The van der Waals surface area contributed by atoms with Crippen molar-refractivity contribution in [2.45, 2.75) is 182 Å². The Morgan fingerprint density at radius 1 is 0.345 bits per heavy atom. The zero-order chi connectivity index (χ0) is 39.9. The summed E-state index contributed by atoms with van der Waals surface area (Å²) in [6, 6.07) is 8.83.